The van der Waals surface area contributed by atoms with Crippen LogP contribution in [0, 0.1) is 0 Å². The average molecular weight is 474 g/mol. The number of ether oxygens (including phenoxy) is 2. The molecule has 178 valence electrons. The van der Waals surface area contributed by atoms with Crippen molar-refractivity contribution in [1.82, 2.24) is 4.90 Å². The highest BCUT2D eigenvalue weighted by atomic mass is 16.6. The molecular formula is C32H27NO3. The second kappa shape index (κ2) is 8.65. The van der Waals surface area contributed by atoms with Crippen molar-refractivity contribution in [3.05, 3.63) is 114 Å². The predicted octanol–water partition coefficient (Wildman–Crippen LogP) is 6.65. The lowest BCUT2D eigenvalue weighted by molar-refractivity contribution is -0.0331. The second-order valence-corrected chi connectivity index (χ2v) is 9.93. The lowest BCUT2D eigenvalue weighted by Gasteiger charge is -2.44. The van der Waals surface area contributed by atoms with Crippen molar-refractivity contribution in [2.45, 2.75) is 24.4 Å². The third-order valence-electron chi connectivity index (χ3n) is 7.87. The van der Waals surface area contributed by atoms with Crippen LogP contribution >= 0.6 is 0 Å². The zero-order valence-corrected chi connectivity index (χ0v) is 20.0. The molecule has 0 saturated carbocycles. The van der Waals surface area contributed by atoms with E-state index in [1.807, 2.05) is 4.90 Å². The number of hydrogen-bond donors (Lipinski definition) is 0. The van der Waals surface area contributed by atoms with E-state index < -0.39 is 0 Å². The molecule has 0 spiro atoms. The Morgan fingerprint density at radius 1 is 0.833 bits per heavy atom. The van der Waals surface area contributed by atoms with Crippen LogP contribution in [0.15, 0.2) is 97.1 Å². The number of fused-ring (bicyclic) bond motifs is 6. The number of carbonyl (C=O) groups is 1. The van der Waals surface area contributed by atoms with Crippen LogP contribution in [0.25, 0.3) is 27.5 Å². The van der Waals surface area contributed by atoms with Gasteiger partial charge in [-0.15, -0.1) is 0 Å². The smallest absolute Gasteiger partial charge is 0.410 e. The maximum Gasteiger partial charge on any atom is 0.410 e. The van der Waals surface area contributed by atoms with Crippen LogP contribution in [0.2, 0.25) is 0 Å². The lowest BCUT2D eigenvalue weighted by atomic mass is 9.89. The number of nitrogens with zero attached hydrogens (tertiary/aromatic N) is 1. The molecule has 1 amide bonds. The van der Waals surface area contributed by atoms with Gasteiger partial charge in [-0.2, -0.15) is 0 Å². The molecule has 7 rings (SSSR count). The number of amides is 1. The first kappa shape index (κ1) is 21.4. The molecule has 1 aliphatic carbocycles. The summed E-state index contributed by atoms with van der Waals surface area (Å²) in [6.45, 7) is 1.37. The van der Waals surface area contributed by atoms with E-state index in [1.165, 1.54) is 44.2 Å². The van der Waals surface area contributed by atoms with Crippen molar-refractivity contribution in [1.29, 1.82) is 0 Å². The van der Waals surface area contributed by atoms with Crippen molar-refractivity contribution in [2.24, 2.45) is 0 Å². The van der Waals surface area contributed by atoms with Gasteiger partial charge in [0.1, 0.15) is 6.61 Å². The first-order valence-electron chi connectivity index (χ1n) is 12.7. The van der Waals surface area contributed by atoms with E-state index in [0.29, 0.717) is 19.8 Å². The fourth-order valence-electron chi connectivity index (χ4n) is 6.15. The van der Waals surface area contributed by atoms with Gasteiger partial charge in [0, 0.05) is 5.92 Å². The van der Waals surface area contributed by atoms with Crippen molar-refractivity contribution in [3.63, 3.8) is 0 Å². The van der Waals surface area contributed by atoms with Crippen molar-refractivity contribution in [3.8, 4) is 11.1 Å². The molecule has 2 unspecified atom stereocenters. The summed E-state index contributed by atoms with van der Waals surface area (Å²) < 4.78 is 11.9. The Hall–Kier alpha value is -3.89. The number of rotatable bonds is 3. The zero-order valence-electron chi connectivity index (χ0n) is 20.0. The summed E-state index contributed by atoms with van der Waals surface area (Å²) in [6.07, 6.45) is 2.71. The van der Waals surface area contributed by atoms with E-state index in [9.17, 15) is 4.79 Å². The van der Waals surface area contributed by atoms with Gasteiger partial charge in [0.05, 0.1) is 25.3 Å². The molecule has 4 aromatic rings. The Morgan fingerprint density at radius 3 is 2.28 bits per heavy atom. The van der Waals surface area contributed by atoms with Crippen LogP contribution < -0.4 is 0 Å². The highest BCUT2D eigenvalue weighted by Gasteiger charge is 2.40. The SMILES string of the molecule is O=C(OCC1c2ccccc2-c2ccccc21)N1C2C=C(c3ccc4ccccc4c3)CC1COC2. The first-order chi connectivity index (χ1) is 17.8. The molecule has 2 heterocycles. The van der Waals surface area contributed by atoms with Crippen LogP contribution in [0.3, 0.4) is 0 Å². The minimum Gasteiger partial charge on any atom is -0.448 e. The Bertz CT molecular complexity index is 1460. The maximum absolute atomic E-state index is 13.4. The van der Waals surface area contributed by atoms with Crippen molar-refractivity contribution in [2.75, 3.05) is 19.8 Å². The highest BCUT2D eigenvalue weighted by Crippen LogP contribution is 2.44. The maximum atomic E-state index is 13.4. The molecule has 4 aromatic carbocycles. The number of carbonyl (C=O) groups excluding carboxylic acids is 1. The van der Waals surface area contributed by atoms with Gasteiger partial charge in [-0.05, 0) is 56.6 Å². The van der Waals surface area contributed by atoms with Gasteiger partial charge >= 0.3 is 6.09 Å². The predicted molar refractivity (Wildman–Crippen MR) is 142 cm³/mol. The Labute approximate surface area is 210 Å². The van der Waals surface area contributed by atoms with Gasteiger partial charge in [0.15, 0.2) is 0 Å². The van der Waals surface area contributed by atoms with Gasteiger partial charge in [0.2, 0.25) is 0 Å². The normalized spacial score (nSPS) is 20.6. The summed E-state index contributed by atoms with van der Waals surface area (Å²) in [6, 6.07) is 31.8. The standard InChI is InChI=1S/C32H27NO3/c34-32(36-20-31-29-11-5-3-9-27(29)28-10-4-6-12-30(28)31)33-25-16-24(17-26(33)19-35-18-25)23-14-13-21-7-1-2-8-22(21)15-23/h1-16,25-26,31H,17-20H2. The molecule has 0 N–H and O–H groups in total. The Balaban J connectivity index is 1.12. The van der Waals surface area contributed by atoms with Crippen LogP contribution in [-0.4, -0.2) is 42.9 Å². The van der Waals surface area contributed by atoms with E-state index in [4.69, 9.17) is 9.47 Å². The minimum atomic E-state index is -0.246. The monoisotopic (exact) mass is 473 g/mol. The third kappa shape index (κ3) is 3.52. The lowest BCUT2D eigenvalue weighted by Crippen LogP contribution is -2.56. The quantitative estimate of drug-likeness (QED) is 0.335. The van der Waals surface area contributed by atoms with E-state index in [-0.39, 0.29) is 24.1 Å². The number of morpholine rings is 1. The molecular weight excluding hydrogens is 446 g/mol. The van der Waals surface area contributed by atoms with Crippen molar-refractivity contribution < 1.29 is 14.3 Å². The molecule has 1 fully saturated rings. The highest BCUT2D eigenvalue weighted by molar-refractivity contribution is 5.87. The van der Waals surface area contributed by atoms with Crippen LogP contribution in [0.4, 0.5) is 4.79 Å². The first-order valence-corrected chi connectivity index (χ1v) is 12.7. The molecule has 4 heteroatoms. The fraction of sp³-hybridized carbons (Fsp3) is 0.219. The van der Waals surface area contributed by atoms with E-state index >= 15 is 0 Å². The molecule has 3 aliphatic rings. The van der Waals surface area contributed by atoms with Crippen LogP contribution in [0.1, 0.15) is 29.0 Å². The van der Waals surface area contributed by atoms with Gasteiger partial charge in [-0.25, -0.2) is 4.79 Å². The minimum absolute atomic E-state index is 0.0223. The Morgan fingerprint density at radius 2 is 1.53 bits per heavy atom. The molecule has 4 nitrogen and oxygen atoms in total. The topological polar surface area (TPSA) is 38.8 Å². The summed E-state index contributed by atoms with van der Waals surface area (Å²) in [5, 5.41) is 2.47. The second-order valence-electron chi connectivity index (χ2n) is 9.93. The van der Waals surface area contributed by atoms with Gasteiger partial charge < -0.3 is 9.47 Å². The molecule has 0 radical (unpaired) electrons. The number of benzene rings is 4. The van der Waals surface area contributed by atoms with Crippen molar-refractivity contribution >= 4 is 22.4 Å². The molecule has 36 heavy (non-hydrogen) atoms. The average Bonchev–Trinajstić information content (AvgIpc) is 3.24. The summed E-state index contributed by atoms with van der Waals surface area (Å²) in [4.78, 5) is 15.3. The third-order valence-corrected chi connectivity index (χ3v) is 7.87. The zero-order chi connectivity index (χ0) is 24.1. The largest absolute Gasteiger partial charge is 0.448 e. The van der Waals surface area contributed by atoms with E-state index in [2.05, 4.69) is 97.1 Å². The summed E-state index contributed by atoms with van der Waals surface area (Å²) in [5.41, 5.74) is 7.43. The summed E-state index contributed by atoms with van der Waals surface area (Å²) in [5.74, 6) is 0.0610. The van der Waals surface area contributed by atoms with Gasteiger partial charge in [-0.1, -0.05) is 91.0 Å². The van der Waals surface area contributed by atoms with Gasteiger partial charge in [0.25, 0.3) is 0 Å². The van der Waals surface area contributed by atoms with E-state index in [1.54, 1.807) is 0 Å². The summed E-state index contributed by atoms with van der Waals surface area (Å²) >= 11 is 0. The molecule has 2 bridgehead atoms. The van der Waals surface area contributed by atoms with Crippen LogP contribution in [0.5, 0.6) is 0 Å². The van der Waals surface area contributed by atoms with E-state index in [0.717, 1.165) is 6.42 Å². The van der Waals surface area contributed by atoms with Crippen LogP contribution in [-0.2, 0) is 9.47 Å². The van der Waals surface area contributed by atoms with Gasteiger partial charge in [-0.3, -0.25) is 4.90 Å². The number of hydrogen-bond acceptors (Lipinski definition) is 3. The summed E-state index contributed by atoms with van der Waals surface area (Å²) in [7, 11) is 0. The molecule has 0 aromatic heterocycles. The molecule has 2 aliphatic heterocycles. The molecule has 1 saturated heterocycles. The Kier molecular flexibility index (Phi) is 5.14. The molecule has 2 atom stereocenters. The fourth-order valence-corrected chi connectivity index (χ4v) is 6.15.